The number of amides is 1. The van der Waals surface area contributed by atoms with Gasteiger partial charge in [0.2, 0.25) is 5.91 Å². The van der Waals surface area contributed by atoms with Crippen LogP contribution >= 0.6 is 22.9 Å². The van der Waals surface area contributed by atoms with Gasteiger partial charge in [-0.2, -0.15) is 0 Å². The Morgan fingerprint density at radius 2 is 1.88 bits per heavy atom. The lowest BCUT2D eigenvalue weighted by Crippen LogP contribution is -2.36. The first-order chi connectivity index (χ1) is 11.9. The van der Waals surface area contributed by atoms with Crippen molar-refractivity contribution >= 4 is 28.8 Å². The van der Waals surface area contributed by atoms with E-state index in [4.69, 9.17) is 21.1 Å². The Morgan fingerprint density at radius 3 is 2.48 bits per heavy atom. The van der Waals surface area contributed by atoms with Crippen molar-refractivity contribution in [1.29, 1.82) is 0 Å². The molecule has 0 aliphatic heterocycles. The monoisotopic (exact) mass is 382 g/mol. The van der Waals surface area contributed by atoms with Gasteiger partial charge >= 0.3 is 0 Å². The predicted octanol–water partition coefficient (Wildman–Crippen LogP) is 3.51. The Bertz CT molecular complexity index is 720. The van der Waals surface area contributed by atoms with Crippen LogP contribution in [0, 0.1) is 0 Å². The molecule has 25 heavy (non-hydrogen) atoms. The Hall–Kier alpha value is -1.76. The minimum atomic E-state index is 0.0371. The van der Waals surface area contributed by atoms with E-state index in [1.807, 2.05) is 42.3 Å². The molecule has 0 atom stereocenters. The third-order valence-corrected chi connectivity index (χ3v) is 4.99. The van der Waals surface area contributed by atoms with Crippen molar-refractivity contribution in [1.82, 2.24) is 9.80 Å². The van der Waals surface area contributed by atoms with Gasteiger partial charge in [0.1, 0.15) is 0 Å². The smallest absolute Gasteiger partial charge is 0.236 e. The van der Waals surface area contributed by atoms with E-state index in [2.05, 4.69) is 0 Å². The number of carbonyl (C=O) groups excluding carboxylic acids is 1. The predicted molar refractivity (Wildman–Crippen MR) is 102 cm³/mol. The molecule has 1 aromatic carbocycles. The molecule has 5 nitrogen and oxygen atoms in total. The molecule has 1 heterocycles. The van der Waals surface area contributed by atoms with Crippen LogP contribution in [0.2, 0.25) is 4.34 Å². The highest BCUT2D eigenvalue weighted by Crippen LogP contribution is 2.31. The lowest BCUT2D eigenvalue weighted by atomic mass is 10.1. The number of methoxy groups -OCH3 is 2. The number of para-hydroxylation sites is 1. The Labute approximate surface area is 157 Å². The van der Waals surface area contributed by atoms with Crippen molar-refractivity contribution in [2.75, 3.05) is 34.9 Å². The molecule has 0 saturated carbocycles. The van der Waals surface area contributed by atoms with Crippen LogP contribution in [0.4, 0.5) is 0 Å². The zero-order chi connectivity index (χ0) is 18.4. The molecule has 0 saturated heterocycles. The first-order valence-corrected chi connectivity index (χ1v) is 9.00. The molecule has 1 amide bonds. The molecule has 0 aliphatic rings. The van der Waals surface area contributed by atoms with Crippen molar-refractivity contribution in [2.45, 2.75) is 13.1 Å². The van der Waals surface area contributed by atoms with Crippen LogP contribution in [0.5, 0.6) is 11.5 Å². The van der Waals surface area contributed by atoms with Crippen molar-refractivity contribution < 1.29 is 14.3 Å². The first kappa shape index (κ1) is 19.6. The van der Waals surface area contributed by atoms with Crippen molar-refractivity contribution in [3.05, 3.63) is 45.1 Å². The van der Waals surface area contributed by atoms with Gasteiger partial charge in [-0.15, -0.1) is 11.3 Å². The van der Waals surface area contributed by atoms with E-state index in [-0.39, 0.29) is 5.91 Å². The third kappa shape index (κ3) is 5.36. The number of benzene rings is 1. The topological polar surface area (TPSA) is 42.0 Å². The number of thiophene rings is 1. The fraction of sp³-hybridized carbons (Fsp3) is 0.389. The summed E-state index contributed by atoms with van der Waals surface area (Å²) in [5.74, 6) is 1.36. The molecule has 0 radical (unpaired) electrons. The molecule has 0 aliphatic carbocycles. The van der Waals surface area contributed by atoms with Gasteiger partial charge in [0.05, 0.1) is 25.1 Å². The van der Waals surface area contributed by atoms with Crippen LogP contribution in [-0.4, -0.2) is 50.6 Å². The Balaban J connectivity index is 1.96. The molecule has 0 unspecified atom stereocenters. The molecule has 136 valence electrons. The molecule has 2 aromatic rings. The minimum Gasteiger partial charge on any atom is -0.493 e. The normalized spacial score (nSPS) is 10.8. The van der Waals surface area contributed by atoms with Gasteiger partial charge in [-0.3, -0.25) is 9.69 Å². The van der Waals surface area contributed by atoms with E-state index in [1.165, 1.54) is 11.3 Å². The summed E-state index contributed by atoms with van der Waals surface area (Å²) < 4.78 is 11.5. The van der Waals surface area contributed by atoms with Crippen LogP contribution < -0.4 is 9.47 Å². The van der Waals surface area contributed by atoms with Gasteiger partial charge in [-0.1, -0.05) is 23.7 Å². The SMILES string of the molecule is COc1cccc(CN(C)C(=O)CN(C)Cc2ccc(Cl)s2)c1OC. The fourth-order valence-electron chi connectivity index (χ4n) is 2.53. The van der Waals surface area contributed by atoms with Crippen LogP contribution in [0.25, 0.3) is 0 Å². The van der Waals surface area contributed by atoms with E-state index in [9.17, 15) is 4.79 Å². The summed E-state index contributed by atoms with van der Waals surface area (Å²) in [6.45, 7) is 1.48. The quantitative estimate of drug-likeness (QED) is 0.700. The molecular formula is C18H23ClN2O3S. The summed E-state index contributed by atoms with van der Waals surface area (Å²) in [7, 11) is 6.91. The number of carbonyl (C=O) groups is 1. The highest BCUT2D eigenvalue weighted by molar-refractivity contribution is 7.16. The second-order valence-corrected chi connectivity index (χ2v) is 7.58. The number of hydrogen-bond donors (Lipinski definition) is 0. The summed E-state index contributed by atoms with van der Waals surface area (Å²) in [6.07, 6.45) is 0. The van der Waals surface area contributed by atoms with E-state index >= 15 is 0 Å². The fourth-order valence-corrected chi connectivity index (χ4v) is 3.70. The number of ether oxygens (including phenoxy) is 2. The van der Waals surface area contributed by atoms with Crippen molar-refractivity contribution in [3.8, 4) is 11.5 Å². The highest BCUT2D eigenvalue weighted by Gasteiger charge is 2.16. The van der Waals surface area contributed by atoms with Crippen LogP contribution in [0.1, 0.15) is 10.4 Å². The second-order valence-electron chi connectivity index (χ2n) is 5.78. The zero-order valence-electron chi connectivity index (χ0n) is 14.9. The van der Waals surface area contributed by atoms with E-state index in [0.717, 1.165) is 14.8 Å². The summed E-state index contributed by atoms with van der Waals surface area (Å²) in [6, 6.07) is 9.52. The molecule has 1 aromatic heterocycles. The highest BCUT2D eigenvalue weighted by atomic mass is 35.5. The van der Waals surface area contributed by atoms with Crippen LogP contribution in [-0.2, 0) is 17.9 Å². The number of hydrogen-bond acceptors (Lipinski definition) is 5. The molecule has 7 heteroatoms. The van der Waals surface area contributed by atoms with Gasteiger partial charge in [0.15, 0.2) is 11.5 Å². The number of nitrogens with zero attached hydrogens (tertiary/aromatic N) is 2. The molecule has 2 rings (SSSR count). The van der Waals surface area contributed by atoms with Gasteiger partial charge in [-0.25, -0.2) is 0 Å². The average molecular weight is 383 g/mol. The van der Waals surface area contributed by atoms with Gasteiger partial charge < -0.3 is 14.4 Å². The second kappa shape index (κ2) is 9.08. The molecule has 0 spiro atoms. The maximum atomic E-state index is 12.5. The summed E-state index contributed by atoms with van der Waals surface area (Å²) in [5, 5.41) is 0. The summed E-state index contributed by atoms with van der Waals surface area (Å²) in [4.78, 5) is 17.3. The van der Waals surface area contributed by atoms with E-state index < -0.39 is 0 Å². The molecule has 0 bridgehead atoms. The van der Waals surface area contributed by atoms with Crippen LogP contribution in [0.3, 0.4) is 0 Å². The molecule has 0 fully saturated rings. The third-order valence-electron chi connectivity index (χ3n) is 3.78. The number of likely N-dealkylation sites (N-methyl/N-ethyl adjacent to an activating group) is 2. The van der Waals surface area contributed by atoms with Gasteiger partial charge in [0.25, 0.3) is 0 Å². The van der Waals surface area contributed by atoms with Crippen LogP contribution in [0.15, 0.2) is 30.3 Å². The Kier molecular flexibility index (Phi) is 7.11. The van der Waals surface area contributed by atoms with Gasteiger partial charge in [0, 0.05) is 30.6 Å². The maximum Gasteiger partial charge on any atom is 0.236 e. The van der Waals surface area contributed by atoms with E-state index in [1.54, 1.807) is 26.2 Å². The Morgan fingerprint density at radius 1 is 1.12 bits per heavy atom. The van der Waals surface area contributed by atoms with Crippen molar-refractivity contribution in [3.63, 3.8) is 0 Å². The number of rotatable bonds is 8. The average Bonchev–Trinajstić information content (AvgIpc) is 2.98. The lowest BCUT2D eigenvalue weighted by molar-refractivity contribution is -0.131. The first-order valence-electron chi connectivity index (χ1n) is 7.81. The number of halogens is 1. The van der Waals surface area contributed by atoms with E-state index in [0.29, 0.717) is 31.1 Å². The van der Waals surface area contributed by atoms with Crippen molar-refractivity contribution in [2.24, 2.45) is 0 Å². The molecule has 0 N–H and O–H groups in total. The lowest BCUT2D eigenvalue weighted by Gasteiger charge is -2.23. The van der Waals surface area contributed by atoms with Gasteiger partial charge in [-0.05, 0) is 25.2 Å². The summed E-state index contributed by atoms with van der Waals surface area (Å²) >= 11 is 7.48. The maximum absolute atomic E-state index is 12.5. The minimum absolute atomic E-state index is 0.0371. The molecular weight excluding hydrogens is 360 g/mol. The standard InChI is InChI=1S/C18H23ClN2O3S/c1-20(11-14-8-9-16(19)25-14)12-17(22)21(2)10-13-6-5-7-15(23-3)18(13)24-4/h5-9H,10-12H2,1-4H3. The zero-order valence-corrected chi connectivity index (χ0v) is 16.5. The summed E-state index contributed by atoms with van der Waals surface area (Å²) in [5.41, 5.74) is 0.908. The largest absolute Gasteiger partial charge is 0.493 e.